The van der Waals surface area contributed by atoms with Gasteiger partial charge in [-0.25, -0.2) is 4.98 Å². The quantitative estimate of drug-likeness (QED) is 0.819. The van der Waals surface area contributed by atoms with Crippen LogP contribution >= 0.6 is 11.3 Å². The standard InChI is InChI=1S/C14H17NO2S/c1-4-16-13-7-11(12-8-18-9-15-12)14(17-5-2)6-10(13)3/h6-9H,4-5H2,1-3H3. The summed E-state index contributed by atoms with van der Waals surface area (Å²) in [6.07, 6.45) is 0. The van der Waals surface area contributed by atoms with E-state index in [4.69, 9.17) is 9.47 Å². The van der Waals surface area contributed by atoms with Crippen LogP contribution in [0.5, 0.6) is 11.5 Å². The van der Waals surface area contributed by atoms with E-state index in [2.05, 4.69) is 4.98 Å². The van der Waals surface area contributed by atoms with Crippen molar-refractivity contribution in [3.8, 4) is 22.8 Å². The van der Waals surface area contributed by atoms with Gasteiger partial charge in [-0.05, 0) is 38.5 Å². The molecule has 1 aromatic carbocycles. The molecule has 96 valence electrons. The predicted octanol–water partition coefficient (Wildman–Crippen LogP) is 3.92. The molecule has 0 aliphatic heterocycles. The molecule has 0 aliphatic carbocycles. The highest BCUT2D eigenvalue weighted by atomic mass is 32.1. The Balaban J connectivity index is 2.49. The van der Waals surface area contributed by atoms with E-state index in [1.165, 1.54) is 0 Å². The minimum absolute atomic E-state index is 0.643. The number of hydrogen-bond donors (Lipinski definition) is 0. The fourth-order valence-corrected chi connectivity index (χ4v) is 2.35. The molecular weight excluding hydrogens is 246 g/mol. The number of thiazole rings is 1. The maximum atomic E-state index is 5.68. The first-order chi connectivity index (χ1) is 8.76. The molecule has 2 rings (SSSR count). The smallest absolute Gasteiger partial charge is 0.129 e. The normalized spacial score (nSPS) is 10.4. The Kier molecular flexibility index (Phi) is 4.20. The van der Waals surface area contributed by atoms with Crippen molar-refractivity contribution in [1.82, 2.24) is 4.98 Å². The minimum Gasteiger partial charge on any atom is -0.494 e. The molecule has 0 saturated heterocycles. The van der Waals surface area contributed by atoms with Crippen molar-refractivity contribution in [2.75, 3.05) is 13.2 Å². The monoisotopic (exact) mass is 263 g/mol. The molecule has 4 heteroatoms. The van der Waals surface area contributed by atoms with Gasteiger partial charge in [0, 0.05) is 10.9 Å². The van der Waals surface area contributed by atoms with Crippen LogP contribution in [0.15, 0.2) is 23.0 Å². The molecule has 2 aromatic rings. The van der Waals surface area contributed by atoms with Crippen LogP contribution in [0.1, 0.15) is 19.4 Å². The van der Waals surface area contributed by atoms with Crippen LogP contribution in [0.2, 0.25) is 0 Å². The van der Waals surface area contributed by atoms with Gasteiger partial charge in [0.25, 0.3) is 0 Å². The lowest BCUT2D eigenvalue weighted by atomic mass is 10.1. The lowest BCUT2D eigenvalue weighted by Gasteiger charge is -2.13. The Morgan fingerprint density at radius 1 is 1.11 bits per heavy atom. The second-order valence-electron chi connectivity index (χ2n) is 3.85. The largest absolute Gasteiger partial charge is 0.494 e. The third-order valence-corrected chi connectivity index (χ3v) is 3.17. The van der Waals surface area contributed by atoms with Crippen molar-refractivity contribution in [3.63, 3.8) is 0 Å². The number of rotatable bonds is 5. The van der Waals surface area contributed by atoms with E-state index < -0.39 is 0 Å². The van der Waals surface area contributed by atoms with Crippen LogP contribution in [0.25, 0.3) is 11.3 Å². The second kappa shape index (κ2) is 5.87. The molecule has 0 radical (unpaired) electrons. The van der Waals surface area contributed by atoms with E-state index >= 15 is 0 Å². The number of aromatic nitrogens is 1. The molecule has 0 atom stereocenters. The topological polar surface area (TPSA) is 31.4 Å². The van der Waals surface area contributed by atoms with Crippen molar-refractivity contribution in [1.29, 1.82) is 0 Å². The first-order valence-corrected chi connectivity index (χ1v) is 6.99. The Morgan fingerprint density at radius 3 is 2.44 bits per heavy atom. The van der Waals surface area contributed by atoms with Gasteiger partial charge in [0.15, 0.2) is 0 Å². The molecular formula is C14H17NO2S. The van der Waals surface area contributed by atoms with Crippen molar-refractivity contribution in [3.05, 3.63) is 28.6 Å². The average molecular weight is 263 g/mol. The zero-order chi connectivity index (χ0) is 13.0. The van der Waals surface area contributed by atoms with Gasteiger partial charge in [-0.15, -0.1) is 11.3 Å². The Labute approximate surface area is 111 Å². The zero-order valence-electron chi connectivity index (χ0n) is 10.9. The van der Waals surface area contributed by atoms with E-state index in [1.807, 2.05) is 43.8 Å². The van der Waals surface area contributed by atoms with Crippen LogP contribution in [0.4, 0.5) is 0 Å². The van der Waals surface area contributed by atoms with Gasteiger partial charge in [-0.2, -0.15) is 0 Å². The summed E-state index contributed by atoms with van der Waals surface area (Å²) in [5, 5.41) is 2.02. The van der Waals surface area contributed by atoms with E-state index in [0.29, 0.717) is 13.2 Å². The van der Waals surface area contributed by atoms with Gasteiger partial charge in [-0.3, -0.25) is 0 Å². The summed E-state index contributed by atoms with van der Waals surface area (Å²) in [5.74, 6) is 1.76. The summed E-state index contributed by atoms with van der Waals surface area (Å²) in [6.45, 7) is 7.29. The molecule has 0 aliphatic rings. The number of hydrogen-bond acceptors (Lipinski definition) is 4. The molecule has 0 spiro atoms. The lowest BCUT2D eigenvalue weighted by Crippen LogP contribution is -1.99. The number of benzene rings is 1. The van der Waals surface area contributed by atoms with E-state index in [9.17, 15) is 0 Å². The third-order valence-electron chi connectivity index (χ3n) is 2.59. The van der Waals surface area contributed by atoms with Gasteiger partial charge < -0.3 is 9.47 Å². The maximum absolute atomic E-state index is 5.68. The predicted molar refractivity (Wildman–Crippen MR) is 74.6 cm³/mol. The number of nitrogens with zero attached hydrogens (tertiary/aromatic N) is 1. The van der Waals surface area contributed by atoms with Gasteiger partial charge >= 0.3 is 0 Å². The molecule has 0 bridgehead atoms. The summed E-state index contributed by atoms with van der Waals surface area (Å²) >= 11 is 1.58. The van der Waals surface area contributed by atoms with Gasteiger partial charge in [0.1, 0.15) is 11.5 Å². The average Bonchev–Trinajstić information content (AvgIpc) is 2.86. The molecule has 1 heterocycles. The first kappa shape index (κ1) is 12.9. The Bertz CT molecular complexity index is 509. The van der Waals surface area contributed by atoms with Crippen LogP contribution in [-0.4, -0.2) is 18.2 Å². The van der Waals surface area contributed by atoms with E-state index in [-0.39, 0.29) is 0 Å². The second-order valence-corrected chi connectivity index (χ2v) is 4.57. The van der Waals surface area contributed by atoms with Gasteiger partial charge in [-0.1, -0.05) is 0 Å². The maximum Gasteiger partial charge on any atom is 0.129 e. The number of aryl methyl sites for hydroxylation is 1. The molecule has 3 nitrogen and oxygen atoms in total. The van der Waals surface area contributed by atoms with Crippen LogP contribution < -0.4 is 9.47 Å². The summed E-state index contributed by atoms with van der Waals surface area (Å²) in [6, 6.07) is 4.03. The van der Waals surface area contributed by atoms with E-state index in [1.54, 1.807) is 11.3 Å². The Morgan fingerprint density at radius 2 is 1.83 bits per heavy atom. The molecule has 1 aromatic heterocycles. The molecule has 0 amide bonds. The highest BCUT2D eigenvalue weighted by molar-refractivity contribution is 7.07. The molecule has 18 heavy (non-hydrogen) atoms. The minimum atomic E-state index is 0.643. The van der Waals surface area contributed by atoms with Crippen LogP contribution in [-0.2, 0) is 0 Å². The summed E-state index contributed by atoms with van der Waals surface area (Å²) < 4.78 is 11.3. The highest BCUT2D eigenvalue weighted by Crippen LogP contribution is 2.35. The first-order valence-electron chi connectivity index (χ1n) is 6.05. The third kappa shape index (κ3) is 2.64. The summed E-state index contributed by atoms with van der Waals surface area (Å²) in [4.78, 5) is 4.34. The SMILES string of the molecule is CCOc1cc(-c2cscn2)c(OCC)cc1C. The van der Waals surface area contributed by atoms with Crippen molar-refractivity contribution in [2.24, 2.45) is 0 Å². The Hall–Kier alpha value is -1.55. The fourth-order valence-electron chi connectivity index (χ4n) is 1.79. The van der Waals surface area contributed by atoms with Crippen LogP contribution in [0, 0.1) is 6.92 Å². The van der Waals surface area contributed by atoms with Crippen LogP contribution in [0.3, 0.4) is 0 Å². The molecule has 0 N–H and O–H groups in total. The van der Waals surface area contributed by atoms with Gasteiger partial charge in [0.05, 0.1) is 24.4 Å². The lowest BCUT2D eigenvalue weighted by molar-refractivity contribution is 0.329. The molecule has 0 fully saturated rings. The highest BCUT2D eigenvalue weighted by Gasteiger charge is 2.12. The van der Waals surface area contributed by atoms with Crippen molar-refractivity contribution < 1.29 is 9.47 Å². The summed E-state index contributed by atoms with van der Waals surface area (Å²) in [7, 11) is 0. The van der Waals surface area contributed by atoms with Crippen molar-refractivity contribution >= 4 is 11.3 Å². The van der Waals surface area contributed by atoms with Gasteiger partial charge in [0.2, 0.25) is 0 Å². The number of ether oxygens (including phenoxy) is 2. The van der Waals surface area contributed by atoms with Crippen molar-refractivity contribution in [2.45, 2.75) is 20.8 Å². The zero-order valence-corrected chi connectivity index (χ0v) is 11.7. The molecule has 0 unspecified atom stereocenters. The molecule has 0 saturated carbocycles. The summed E-state index contributed by atoms with van der Waals surface area (Å²) in [5.41, 5.74) is 4.83. The fraction of sp³-hybridized carbons (Fsp3) is 0.357. The van der Waals surface area contributed by atoms with E-state index in [0.717, 1.165) is 28.3 Å².